The van der Waals surface area contributed by atoms with Gasteiger partial charge in [-0.1, -0.05) is 26.2 Å². The number of rotatable bonds is 13. The summed E-state index contributed by atoms with van der Waals surface area (Å²) in [4.78, 5) is 11.6. The first-order chi connectivity index (χ1) is 17.0. The van der Waals surface area contributed by atoms with Crippen LogP contribution in [0.2, 0.25) is 0 Å². The maximum atomic E-state index is 11.6. The predicted molar refractivity (Wildman–Crippen MR) is 148 cm³/mol. The molecule has 1 aliphatic heterocycles. The zero-order valence-electron chi connectivity index (χ0n) is 24.8. The lowest BCUT2D eigenvalue weighted by Crippen LogP contribution is -2.37. The van der Waals surface area contributed by atoms with Crippen LogP contribution in [0.15, 0.2) is 0 Å². The molecule has 0 bridgehead atoms. The third kappa shape index (κ3) is 8.97. The fraction of sp³-hybridized carbons (Fsp3) is 0.774. The van der Waals surface area contributed by atoms with Gasteiger partial charge in [0.15, 0.2) is 0 Å². The van der Waals surface area contributed by atoms with Crippen molar-refractivity contribution in [2.75, 3.05) is 0 Å². The molecule has 1 aromatic carbocycles. The maximum absolute atomic E-state index is 11.6. The third-order valence-corrected chi connectivity index (χ3v) is 8.40. The standard InChI is InChI=1S/C31H52O6/c1-20(12-10-16-30(8,35)18-15-26(33)29(6,7)34)13-11-17-31(9)19-14-25-23(4)27(36-24(5)32)21(2)22(3)28(25)37-31/h20,26,33-35H,10-19H2,1-9H3. The minimum absolute atomic E-state index is 0.204. The van der Waals surface area contributed by atoms with Gasteiger partial charge in [-0.05, 0) is 116 Å². The average molecular weight is 521 g/mol. The summed E-state index contributed by atoms with van der Waals surface area (Å²) in [7, 11) is 0. The van der Waals surface area contributed by atoms with E-state index in [2.05, 4.69) is 20.8 Å². The quantitative estimate of drug-likeness (QED) is 0.210. The Bertz CT molecular complexity index is 929. The van der Waals surface area contributed by atoms with Gasteiger partial charge in [0.25, 0.3) is 0 Å². The van der Waals surface area contributed by atoms with Gasteiger partial charge in [-0.25, -0.2) is 0 Å². The van der Waals surface area contributed by atoms with E-state index in [1.54, 1.807) is 13.8 Å². The lowest BCUT2D eigenvalue weighted by Gasteiger charge is -2.38. The SMILES string of the molecule is CC(=O)Oc1c(C)c(C)c2c(c1C)CCC(C)(CCCC(C)CCCC(C)(O)CCC(O)C(C)(C)O)O2. The first-order valence-corrected chi connectivity index (χ1v) is 14.1. The number of ether oxygens (including phenoxy) is 2. The Morgan fingerprint density at radius 3 is 2.24 bits per heavy atom. The number of fused-ring (bicyclic) bond motifs is 1. The normalized spacial score (nSPS) is 21.0. The lowest BCUT2D eigenvalue weighted by atomic mass is 9.83. The second-order valence-electron chi connectivity index (χ2n) is 12.8. The van der Waals surface area contributed by atoms with Crippen LogP contribution in [0.5, 0.6) is 11.5 Å². The highest BCUT2D eigenvalue weighted by atomic mass is 16.5. The molecule has 0 saturated carbocycles. The summed E-state index contributed by atoms with van der Waals surface area (Å²) in [5.41, 5.74) is 2.01. The maximum Gasteiger partial charge on any atom is 0.308 e. The molecule has 0 aliphatic carbocycles. The van der Waals surface area contributed by atoms with Crippen LogP contribution in [0.3, 0.4) is 0 Å². The number of esters is 1. The molecule has 1 aromatic rings. The Labute approximate surface area is 224 Å². The molecule has 6 nitrogen and oxygen atoms in total. The molecule has 1 aliphatic rings. The van der Waals surface area contributed by atoms with Gasteiger partial charge in [-0.15, -0.1) is 0 Å². The Hall–Kier alpha value is -1.63. The fourth-order valence-corrected chi connectivity index (χ4v) is 5.48. The molecule has 0 aromatic heterocycles. The van der Waals surface area contributed by atoms with Gasteiger partial charge in [0.05, 0.1) is 17.3 Å². The van der Waals surface area contributed by atoms with Crippen molar-refractivity contribution in [2.45, 2.75) is 149 Å². The van der Waals surface area contributed by atoms with Gasteiger partial charge >= 0.3 is 5.97 Å². The van der Waals surface area contributed by atoms with E-state index in [1.807, 2.05) is 20.8 Å². The molecule has 0 saturated heterocycles. The molecule has 0 radical (unpaired) electrons. The van der Waals surface area contributed by atoms with E-state index < -0.39 is 17.3 Å². The topological polar surface area (TPSA) is 96.2 Å². The third-order valence-electron chi connectivity index (χ3n) is 8.40. The zero-order chi connectivity index (χ0) is 28.2. The monoisotopic (exact) mass is 520 g/mol. The summed E-state index contributed by atoms with van der Waals surface area (Å²) in [6.45, 7) is 17.0. The molecule has 0 spiro atoms. The van der Waals surface area contributed by atoms with Crippen molar-refractivity contribution in [2.24, 2.45) is 5.92 Å². The number of aliphatic hydroxyl groups is 3. The van der Waals surface area contributed by atoms with Crippen LogP contribution >= 0.6 is 0 Å². The van der Waals surface area contributed by atoms with E-state index in [4.69, 9.17) is 9.47 Å². The van der Waals surface area contributed by atoms with E-state index in [0.717, 1.165) is 72.9 Å². The van der Waals surface area contributed by atoms with Crippen LogP contribution in [-0.2, 0) is 11.2 Å². The average Bonchev–Trinajstić information content (AvgIpc) is 2.77. The van der Waals surface area contributed by atoms with Crippen molar-refractivity contribution in [3.8, 4) is 11.5 Å². The first-order valence-electron chi connectivity index (χ1n) is 14.1. The van der Waals surface area contributed by atoms with Crippen molar-refractivity contribution in [3.63, 3.8) is 0 Å². The number of carbonyl (C=O) groups excluding carboxylic acids is 1. The zero-order valence-corrected chi connectivity index (χ0v) is 24.8. The van der Waals surface area contributed by atoms with Gasteiger partial charge in [-0.3, -0.25) is 4.79 Å². The van der Waals surface area contributed by atoms with E-state index in [9.17, 15) is 20.1 Å². The Kier molecular flexibility index (Phi) is 10.7. The molecule has 0 amide bonds. The molecular formula is C31H52O6. The second-order valence-corrected chi connectivity index (χ2v) is 12.8. The second kappa shape index (κ2) is 12.5. The minimum Gasteiger partial charge on any atom is -0.487 e. The summed E-state index contributed by atoms with van der Waals surface area (Å²) in [5, 5.41) is 30.6. The smallest absolute Gasteiger partial charge is 0.308 e. The largest absolute Gasteiger partial charge is 0.487 e. The first kappa shape index (κ1) is 31.6. The van der Waals surface area contributed by atoms with Crippen LogP contribution in [0.1, 0.15) is 122 Å². The number of carbonyl (C=O) groups is 1. The number of benzene rings is 1. The van der Waals surface area contributed by atoms with E-state index in [-0.39, 0.29) is 11.6 Å². The molecule has 37 heavy (non-hydrogen) atoms. The Morgan fingerprint density at radius 1 is 1.03 bits per heavy atom. The van der Waals surface area contributed by atoms with Crippen molar-refractivity contribution in [3.05, 3.63) is 22.3 Å². The molecule has 6 heteroatoms. The van der Waals surface area contributed by atoms with Crippen molar-refractivity contribution in [1.82, 2.24) is 0 Å². The lowest BCUT2D eigenvalue weighted by molar-refractivity contribution is -0.132. The number of hydrogen-bond donors (Lipinski definition) is 3. The molecule has 4 atom stereocenters. The molecule has 212 valence electrons. The molecule has 0 fully saturated rings. The van der Waals surface area contributed by atoms with Crippen LogP contribution in [0.4, 0.5) is 0 Å². The summed E-state index contributed by atoms with van der Waals surface area (Å²) in [6.07, 6.45) is 7.78. The molecule has 1 heterocycles. The van der Waals surface area contributed by atoms with Gasteiger partial charge in [-0.2, -0.15) is 0 Å². The highest BCUT2D eigenvalue weighted by molar-refractivity contribution is 5.72. The van der Waals surface area contributed by atoms with Crippen LogP contribution in [-0.4, -0.2) is 44.2 Å². The van der Waals surface area contributed by atoms with Crippen molar-refractivity contribution >= 4 is 5.97 Å². The van der Waals surface area contributed by atoms with Crippen molar-refractivity contribution in [1.29, 1.82) is 0 Å². The predicted octanol–water partition coefficient (Wildman–Crippen LogP) is 6.26. The molecular weight excluding hydrogens is 468 g/mol. The van der Waals surface area contributed by atoms with E-state index in [1.165, 1.54) is 6.92 Å². The summed E-state index contributed by atoms with van der Waals surface area (Å²) < 4.78 is 12.2. The minimum atomic E-state index is -1.14. The van der Waals surface area contributed by atoms with E-state index in [0.29, 0.717) is 30.9 Å². The van der Waals surface area contributed by atoms with Crippen LogP contribution in [0, 0.1) is 26.7 Å². The van der Waals surface area contributed by atoms with Gasteiger partial charge in [0, 0.05) is 12.5 Å². The summed E-state index contributed by atoms with van der Waals surface area (Å²) in [5.74, 6) is 1.91. The summed E-state index contributed by atoms with van der Waals surface area (Å²) in [6, 6.07) is 0. The molecule has 3 N–H and O–H groups in total. The van der Waals surface area contributed by atoms with Crippen molar-refractivity contribution < 1.29 is 29.6 Å². The van der Waals surface area contributed by atoms with Gasteiger partial charge < -0.3 is 24.8 Å². The molecule has 4 unspecified atom stereocenters. The highest BCUT2D eigenvalue weighted by Crippen LogP contribution is 2.45. The van der Waals surface area contributed by atoms with Gasteiger partial charge in [0.2, 0.25) is 0 Å². The highest BCUT2D eigenvalue weighted by Gasteiger charge is 2.35. The summed E-state index contributed by atoms with van der Waals surface area (Å²) >= 11 is 0. The Balaban J connectivity index is 1.83. The molecule has 2 rings (SSSR count). The Morgan fingerprint density at radius 2 is 1.65 bits per heavy atom. The fourth-order valence-electron chi connectivity index (χ4n) is 5.48. The van der Waals surface area contributed by atoms with Crippen LogP contribution < -0.4 is 9.47 Å². The van der Waals surface area contributed by atoms with Gasteiger partial charge in [0.1, 0.15) is 17.1 Å². The number of hydrogen-bond acceptors (Lipinski definition) is 6. The van der Waals surface area contributed by atoms with E-state index >= 15 is 0 Å². The van der Waals surface area contributed by atoms with Crippen LogP contribution in [0.25, 0.3) is 0 Å². The number of aliphatic hydroxyl groups excluding tert-OH is 1.